The van der Waals surface area contributed by atoms with Gasteiger partial charge in [-0.05, 0) is 12.1 Å². The second-order valence-corrected chi connectivity index (χ2v) is 4.69. The molecule has 0 radical (unpaired) electrons. The molecule has 1 heterocycles. The standard InChI is InChI=1S/C14H18N4O2/c1-10(19)17-5-7-18(8-6-17)13-4-3-12(16)14(20-2)11(13)9-15/h3-4H,5-8,16H2,1-2H3. The van der Waals surface area contributed by atoms with E-state index in [-0.39, 0.29) is 5.91 Å². The topological polar surface area (TPSA) is 82.6 Å². The van der Waals surface area contributed by atoms with Gasteiger partial charge in [0, 0.05) is 33.1 Å². The molecule has 0 aromatic heterocycles. The minimum Gasteiger partial charge on any atom is -0.493 e. The van der Waals surface area contributed by atoms with Crippen LogP contribution in [-0.2, 0) is 4.79 Å². The molecule has 0 unspecified atom stereocenters. The van der Waals surface area contributed by atoms with E-state index >= 15 is 0 Å². The Kier molecular flexibility index (Phi) is 3.99. The van der Waals surface area contributed by atoms with Crippen LogP contribution >= 0.6 is 0 Å². The van der Waals surface area contributed by atoms with Crippen LogP contribution in [-0.4, -0.2) is 44.1 Å². The molecular formula is C14H18N4O2. The largest absolute Gasteiger partial charge is 0.493 e. The molecule has 0 bridgehead atoms. The Morgan fingerprint density at radius 1 is 1.35 bits per heavy atom. The average Bonchev–Trinajstić information content (AvgIpc) is 2.46. The maximum Gasteiger partial charge on any atom is 0.219 e. The molecule has 6 heteroatoms. The molecule has 0 spiro atoms. The summed E-state index contributed by atoms with van der Waals surface area (Å²) in [5.74, 6) is 0.499. The Morgan fingerprint density at radius 2 is 2.00 bits per heavy atom. The van der Waals surface area contributed by atoms with E-state index < -0.39 is 0 Å². The van der Waals surface area contributed by atoms with Gasteiger partial charge in [-0.25, -0.2) is 0 Å². The highest BCUT2D eigenvalue weighted by molar-refractivity contribution is 5.75. The molecule has 0 saturated carbocycles. The number of rotatable bonds is 2. The number of nitrogen functional groups attached to an aromatic ring is 1. The summed E-state index contributed by atoms with van der Waals surface area (Å²) in [6, 6.07) is 5.74. The van der Waals surface area contributed by atoms with E-state index in [0.29, 0.717) is 43.2 Å². The molecular weight excluding hydrogens is 256 g/mol. The number of methoxy groups -OCH3 is 1. The third-order valence-corrected chi connectivity index (χ3v) is 3.55. The van der Waals surface area contributed by atoms with Crippen molar-refractivity contribution in [2.45, 2.75) is 6.92 Å². The number of piperazine rings is 1. The Bertz CT molecular complexity index is 557. The Hall–Kier alpha value is -2.42. The van der Waals surface area contributed by atoms with Gasteiger partial charge in [0.05, 0.1) is 18.5 Å². The predicted octanol–water partition coefficient (Wildman–Crippen LogP) is 0.818. The van der Waals surface area contributed by atoms with Crippen molar-refractivity contribution in [3.05, 3.63) is 17.7 Å². The number of hydrogen-bond donors (Lipinski definition) is 1. The SMILES string of the molecule is COc1c(N)ccc(N2CCN(C(C)=O)CC2)c1C#N. The lowest BCUT2D eigenvalue weighted by atomic mass is 10.1. The smallest absolute Gasteiger partial charge is 0.219 e. The normalized spacial score (nSPS) is 14.8. The van der Waals surface area contributed by atoms with Gasteiger partial charge in [-0.1, -0.05) is 0 Å². The summed E-state index contributed by atoms with van der Waals surface area (Å²) in [6.07, 6.45) is 0. The summed E-state index contributed by atoms with van der Waals surface area (Å²) in [7, 11) is 1.50. The van der Waals surface area contributed by atoms with Crippen LogP contribution < -0.4 is 15.4 Å². The van der Waals surface area contributed by atoms with Crippen molar-refractivity contribution in [3.63, 3.8) is 0 Å². The molecule has 2 rings (SSSR count). The summed E-state index contributed by atoms with van der Waals surface area (Å²) in [5, 5.41) is 9.35. The van der Waals surface area contributed by atoms with Gasteiger partial charge < -0.3 is 20.3 Å². The zero-order chi connectivity index (χ0) is 14.7. The second kappa shape index (κ2) is 5.70. The highest BCUT2D eigenvalue weighted by atomic mass is 16.5. The average molecular weight is 274 g/mol. The molecule has 1 aromatic carbocycles. The first-order chi connectivity index (χ1) is 9.58. The van der Waals surface area contributed by atoms with Crippen LogP contribution in [0.5, 0.6) is 5.75 Å². The number of hydrogen-bond acceptors (Lipinski definition) is 5. The van der Waals surface area contributed by atoms with Gasteiger partial charge in [-0.2, -0.15) is 5.26 Å². The number of ether oxygens (including phenoxy) is 1. The fourth-order valence-electron chi connectivity index (χ4n) is 2.44. The lowest BCUT2D eigenvalue weighted by molar-refractivity contribution is -0.129. The maximum atomic E-state index is 11.3. The molecule has 1 aliphatic heterocycles. The molecule has 1 aliphatic rings. The number of carbonyl (C=O) groups is 1. The first-order valence-electron chi connectivity index (χ1n) is 6.45. The van der Waals surface area contributed by atoms with Crippen molar-refractivity contribution < 1.29 is 9.53 Å². The zero-order valence-corrected chi connectivity index (χ0v) is 11.7. The van der Waals surface area contributed by atoms with Gasteiger partial charge in [-0.3, -0.25) is 4.79 Å². The van der Waals surface area contributed by atoms with Crippen LogP contribution in [0.4, 0.5) is 11.4 Å². The van der Waals surface area contributed by atoms with E-state index in [9.17, 15) is 10.1 Å². The molecule has 0 atom stereocenters. The van der Waals surface area contributed by atoms with Gasteiger partial charge in [0.15, 0.2) is 5.75 Å². The predicted molar refractivity (Wildman–Crippen MR) is 76.6 cm³/mol. The highest BCUT2D eigenvalue weighted by Gasteiger charge is 2.22. The van der Waals surface area contributed by atoms with Crippen LogP contribution in [0.3, 0.4) is 0 Å². The lowest BCUT2D eigenvalue weighted by Crippen LogP contribution is -2.48. The third kappa shape index (κ3) is 2.48. The number of carbonyl (C=O) groups excluding carboxylic acids is 1. The first-order valence-corrected chi connectivity index (χ1v) is 6.45. The lowest BCUT2D eigenvalue weighted by Gasteiger charge is -2.36. The van der Waals surface area contributed by atoms with Gasteiger partial charge in [0.1, 0.15) is 11.6 Å². The van der Waals surface area contributed by atoms with Crippen molar-refractivity contribution in [1.29, 1.82) is 5.26 Å². The number of benzene rings is 1. The fourth-order valence-corrected chi connectivity index (χ4v) is 2.44. The molecule has 1 fully saturated rings. The summed E-state index contributed by atoms with van der Waals surface area (Å²) >= 11 is 0. The molecule has 1 amide bonds. The molecule has 20 heavy (non-hydrogen) atoms. The van der Waals surface area contributed by atoms with E-state index in [1.54, 1.807) is 17.9 Å². The Morgan fingerprint density at radius 3 is 2.50 bits per heavy atom. The van der Waals surface area contributed by atoms with Crippen LogP contribution in [0, 0.1) is 11.3 Å². The monoisotopic (exact) mass is 274 g/mol. The quantitative estimate of drug-likeness (QED) is 0.807. The Balaban J connectivity index is 2.27. The first kappa shape index (κ1) is 14.0. The van der Waals surface area contributed by atoms with Gasteiger partial charge in [0.2, 0.25) is 5.91 Å². The van der Waals surface area contributed by atoms with Crippen molar-refractivity contribution in [1.82, 2.24) is 4.90 Å². The summed E-state index contributed by atoms with van der Waals surface area (Å²) in [4.78, 5) is 15.2. The summed E-state index contributed by atoms with van der Waals surface area (Å²) in [6.45, 7) is 4.28. The molecule has 1 saturated heterocycles. The third-order valence-electron chi connectivity index (χ3n) is 3.55. The Labute approximate surface area is 118 Å². The van der Waals surface area contributed by atoms with Crippen LogP contribution in [0.25, 0.3) is 0 Å². The fraction of sp³-hybridized carbons (Fsp3) is 0.429. The number of anilines is 2. The van der Waals surface area contributed by atoms with E-state index in [1.165, 1.54) is 7.11 Å². The number of nitriles is 1. The molecule has 2 N–H and O–H groups in total. The van der Waals surface area contributed by atoms with Crippen molar-refractivity contribution in [2.24, 2.45) is 0 Å². The molecule has 106 valence electrons. The molecule has 0 aliphatic carbocycles. The number of amides is 1. The van der Waals surface area contributed by atoms with Crippen LogP contribution in [0.15, 0.2) is 12.1 Å². The van der Waals surface area contributed by atoms with Crippen molar-refractivity contribution >= 4 is 17.3 Å². The molecule has 6 nitrogen and oxygen atoms in total. The van der Waals surface area contributed by atoms with Crippen LogP contribution in [0.1, 0.15) is 12.5 Å². The van der Waals surface area contributed by atoms with E-state index in [2.05, 4.69) is 11.0 Å². The van der Waals surface area contributed by atoms with Crippen molar-refractivity contribution in [3.8, 4) is 11.8 Å². The number of nitrogens with two attached hydrogens (primary N) is 1. The number of nitrogens with zero attached hydrogens (tertiary/aromatic N) is 3. The van der Waals surface area contributed by atoms with E-state index in [0.717, 1.165) is 5.69 Å². The minimum absolute atomic E-state index is 0.0834. The van der Waals surface area contributed by atoms with Crippen LogP contribution in [0.2, 0.25) is 0 Å². The van der Waals surface area contributed by atoms with Gasteiger partial charge >= 0.3 is 0 Å². The maximum absolute atomic E-state index is 11.3. The van der Waals surface area contributed by atoms with Crippen molar-refractivity contribution in [2.75, 3.05) is 43.9 Å². The summed E-state index contributed by atoms with van der Waals surface area (Å²) < 4.78 is 5.22. The highest BCUT2D eigenvalue weighted by Crippen LogP contribution is 2.34. The van der Waals surface area contributed by atoms with E-state index in [1.807, 2.05) is 6.07 Å². The van der Waals surface area contributed by atoms with Gasteiger partial charge in [0.25, 0.3) is 0 Å². The second-order valence-electron chi connectivity index (χ2n) is 4.69. The minimum atomic E-state index is 0.0834. The summed E-state index contributed by atoms with van der Waals surface area (Å²) in [5.41, 5.74) is 7.53. The van der Waals surface area contributed by atoms with E-state index in [4.69, 9.17) is 10.5 Å². The van der Waals surface area contributed by atoms with Gasteiger partial charge in [-0.15, -0.1) is 0 Å². The zero-order valence-electron chi connectivity index (χ0n) is 11.7. The molecule has 1 aromatic rings.